The smallest absolute Gasteiger partial charge is 0.193 e. The van der Waals surface area contributed by atoms with Crippen LogP contribution >= 0.6 is 23.1 Å². The number of guanidine groups is 1. The van der Waals surface area contributed by atoms with Crippen molar-refractivity contribution in [3.8, 4) is 0 Å². The van der Waals surface area contributed by atoms with Gasteiger partial charge in [-0.3, -0.25) is 4.99 Å². The molecule has 0 aromatic carbocycles. The molecule has 118 valence electrons. The van der Waals surface area contributed by atoms with E-state index in [1.165, 1.54) is 10.6 Å². The van der Waals surface area contributed by atoms with E-state index in [2.05, 4.69) is 65.3 Å². The minimum atomic E-state index is 0.318. The second-order valence-corrected chi connectivity index (χ2v) is 9.18. The average molecular weight is 326 g/mol. The van der Waals surface area contributed by atoms with Crippen LogP contribution in [0.25, 0.3) is 0 Å². The van der Waals surface area contributed by atoms with E-state index < -0.39 is 0 Å². The maximum Gasteiger partial charge on any atom is 0.193 e. The fourth-order valence-electron chi connectivity index (χ4n) is 2.64. The summed E-state index contributed by atoms with van der Waals surface area (Å²) in [5, 5.41) is 5.72. The van der Waals surface area contributed by atoms with Gasteiger partial charge in [0.25, 0.3) is 0 Å². The molecule has 0 aliphatic carbocycles. The number of nitrogens with one attached hydrogen (secondary N) is 1. The molecule has 0 amide bonds. The molecule has 1 aromatic rings. The molecule has 0 bridgehead atoms. The van der Waals surface area contributed by atoms with E-state index in [9.17, 15) is 0 Å². The van der Waals surface area contributed by atoms with Crippen LogP contribution < -0.4 is 5.32 Å². The van der Waals surface area contributed by atoms with Crippen molar-refractivity contribution in [1.29, 1.82) is 0 Å². The van der Waals surface area contributed by atoms with Crippen LogP contribution in [-0.2, 0) is 6.42 Å². The standard InChI is InChI=1S/C16H27N3S2/c1-13(10-14-6-5-8-20-14)11-18-15(17-4)19-7-9-21-16(2,3)12-19/h5-6,8,13H,7,9-12H2,1-4H3,(H,17,18). The van der Waals surface area contributed by atoms with Gasteiger partial charge in [-0.2, -0.15) is 11.8 Å². The first-order chi connectivity index (χ1) is 10.00. The van der Waals surface area contributed by atoms with Crippen LogP contribution in [0.3, 0.4) is 0 Å². The third-order valence-electron chi connectivity index (χ3n) is 3.68. The predicted octanol–water partition coefficient (Wildman–Crippen LogP) is 3.33. The molecule has 1 unspecified atom stereocenters. The Morgan fingerprint density at radius 3 is 2.95 bits per heavy atom. The minimum Gasteiger partial charge on any atom is -0.356 e. The van der Waals surface area contributed by atoms with Crippen LogP contribution in [0.4, 0.5) is 0 Å². The molecule has 1 saturated heterocycles. The summed E-state index contributed by atoms with van der Waals surface area (Å²) in [7, 11) is 1.89. The lowest BCUT2D eigenvalue weighted by molar-refractivity contribution is 0.372. The SMILES string of the molecule is CN=C(NCC(C)Cc1cccs1)N1CCSC(C)(C)C1. The molecule has 2 rings (SSSR count). The summed E-state index contributed by atoms with van der Waals surface area (Å²) in [5.74, 6) is 2.85. The summed E-state index contributed by atoms with van der Waals surface area (Å²) < 4.78 is 0.318. The van der Waals surface area contributed by atoms with Crippen LogP contribution in [-0.4, -0.2) is 48.0 Å². The number of thioether (sulfide) groups is 1. The molecule has 1 fully saturated rings. The lowest BCUT2D eigenvalue weighted by Crippen LogP contribution is -2.51. The number of thiophene rings is 1. The predicted molar refractivity (Wildman–Crippen MR) is 96.7 cm³/mol. The van der Waals surface area contributed by atoms with Crippen molar-refractivity contribution in [3.05, 3.63) is 22.4 Å². The van der Waals surface area contributed by atoms with Crippen LogP contribution in [0.5, 0.6) is 0 Å². The van der Waals surface area contributed by atoms with Gasteiger partial charge in [0.2, 0.25) is 0 Å². The van der Waals surface area contributed by atoms with E-state index in [0.717, 1.165) is 32.0 Å². The van der Waals surface area contributed by atoms with E-state index in [1.807, 2.05) is 18.4 Å². The van der Waals surface area contributed by atoms with Gasteiger partial charge in [0, 0.05) is 42.1 Å². The summed E-state index contributed by atoms with van der Waals surface area (Å²) >= 11 is 3.90. The van der Waals surface area contributed by atoms with Crippen LogP contribution in [0.2, 0.25) is 0 Å². The Morgan fingerprint density at radius 2 is 2.33 bits per heavy atom. The molecule has 1 N–H and O–H groups in total. The van der Waals surface area contributed by atoms with Gasteiger partial charge in [-0.1, -0.05) is 13.0 Å². The van der Waals surface area contributed by atoms with Crippen LogP contribution in [0, 0.1) is 5.92 Å². The Morgan fingerprint density at radius 1 is 1.52 bits per heavy atom. The van der Waals surface area contributed by atoms with Crippen molar-refractivity contribution in [3.63, 3.8) is 0 Å². The molecule has 1 aromatic heterocycles. The fraction of sp³-hybridized carbons (Fsp3) is 0.688. The quantitative estimate of drug-likeness (QED) is 0.680. The van der Waals surface area contributed by atoms with E-state index in [-0.39, 0.29) is 0 Å². The van der Waals surface area contributed by atoms with Crippen LogP contribution in [0.15, 0.2) is 22.5 Å². The largest absolute Gasteiger partial charge is 0.356 e. The Kier molecular flexibility index (Phi) is 5.99. The summed E-state index contributed by atoms with van der Waals surface area (Å²) in [6, 6.07) is 4.35. The summed E-state index contributed by atoms with van der Waals surface area (Å²) in [5.41, 5.74) is 0. The average Bonchev–Trinajstić information content (AvgIpc) is 2.91. The first-order valence-corrected chi connectivity index (χ1v) is 9.48. The van der Waals surface area contributed by atoms with Gasteiger partial charge < -0.3 is 10.2 Å². The van der Waals surface area contributed by atoms with Crippen molar-refractivity contribution >= 4 is 29.1 Å². The van der Waals surface area contributed by atoms with Crippen molar-refractivity contribution in [2.75, 3.05) is 32.4 Å². The van der Waals surface area contributed by atoms with E-state index >= 15 is 0 Å². The number of aliphatic imine (C=N–C) groups is 1. The molecule has 0 radical (unpaired) electrons. The van der Waals surface area contributed by atoms with Gasteiger partial charge in [0.1, 0.15) is 0 Å². The normalized spacial score (nSPS) is 20.4. The molecule has 1 aliphatic rings. The second kappa shape index (κ2) is 7.54. The second-order valence-electron chi connectivity index (χ2n) is 6.35. The lowest BCUT2D eigenvalue weighted by Gasteiger charge is -2.39. The molecular weight excluding hydrogens is 298 g/mol. The monoisotopic (exact) mass is 325 g/mol. The zero-order chi connectivity index (χ0) is 15.3. The molecule has 5 heteroatoms. The van der Waals surface area contributed by atoms with Crippen LogP contribution in [0.1, 0.15) is 25.6 Å². The first kappa shape index (κ1) is 16.7. The zero-order valence-corrected chi connectivity index (χ0v) is 15.2. The number of rotatable bonds is 4. The Bertz CT molecular complexity index is 454. The van der Waals surface area contributed by atoms with Crippen molar-refractivity contribution in [2.45, 2.75) is 31.9 Å². The summed E-state index contributed by atoms with van der Waals surface area (Å²) in [6.07, 6.45) is 1.14. The van der Waals surface area contributed by atoms with Crippen molar-refractivity contribution < 1.29 is 0 Å². The number of hydrogen-bond donors (Lipinski definition) is 1. The third-order valence-corrected chi connectivity index (χ3v) is 5.87. The molecule has 2 heterocycles. The maximum atomic E-state index is 4.47. The van der Waals surface area contributed by atoms with Gasteiger partial charge in [-0.05, 0) is 37.6 Å². The van der Waals surface area contributed by atoms with Gasteiger partial charge in [0.05, 0.1) is 0 Å². The highest BCUT2D eigenvalue weighted by Crippen LogP contribution is 2.29. The highest BCUT2D eigenvalue weighted by molar-refractivity contribution is 8.00. The minimum absolute atomic E-state index is 0.318. The fourth-order valence-corrected chi connectivity index (χ4v) is 4.62. The maximum absolute atomic E-state index is 4.47. The Labute approximate surface area is 137 Å². The Balaban J connectivity index is 1.82. The Hall–Kier alpha value is -0.680. The number of nitrogens with zero attached hydrogens (tertiary/aromatic N) is 2. The molecule has 1 aliphatic heterocycles. The molecule has 1 atom stereocenters. The third kappa shape index (κ3) is 5.22. The molecule has 3 nitrogen and oxygen atoms in total. The highest BCUT2D eigenvalue weighted by atomic mass is 32.2. The van der Waals surface area contributed by atoms with Gasteiger partial charge >= 0.3 is 0 Å². The molecule has 0 saturated carbocycles. The van der Waals surface area contributed by atoms with E-state index in [4.69, 9.17) is 0 Å². The summed E-state index contributed by atoms with van der Waals surface area (Å²) in [4.78, 5) is 8.34. The van der Waals surface area contributed by atoms with Gasteiger partial charge in [-0.15, -0.1) is 11.3 Å². The lowest BCUT2D eigenvalue weighted by atomic mass is 10.1. The van der Waals surface area contributed by atoms with E-state index in [0.29, 0.717) is 10.7 Å². The molecule has 21 heavy (non-hydrogen) atoms. The molecule has 0 spiro atoms. The number of hydrogen-bond acceptors (Lipinski definition) is 3. The molecular formula is C16H27N3S2. The van der Waals surface area contributed by atoms with Crippen molar-refractivity contribution in [1.82, 2.24) is 10.2 Å². The first-order valence-electron chi connectivity index (χ1n) is 7.62. The van der Waals surface area contributed by atoms with Gasteiger partial charge in [-0.25, -0.2) is 0 Å². The van der Waals surface area contributed by atoms with E-state index in [1.54, 1.807) is 0 Å². The van der Waals surface area contributed by atoms with Gasteiger partial charge in [0.15, 0.2) is 5.96 Å². The topological polar surface area (TPSA) is 27.6 Å². The zero-order valence-electron chi connectivity index (χ0n) is 13.6. The van der Waals surface area contributed by atoms with Crippen molar-refractivity contribution in [2.24, 2.45) is 10.9 Å². The highest BCUT2D eigenvalue weighted by Gasteiger charge is 2.28. The summed E-state index contributed by atoms with van der Waals surface area (Å²) in [6.45, 7) is 10.1.